The van der Waals surface area contributed by atoms with E-state index < -0.39 is 0 Å². The van der Waals surface area contributed by atoms with E-state index in [2.05, 4.69) is 80.3 Å². The molecule has 2 aromatic carbocycles. The zero-order chi connectivity index (χ0) is 20.6. The van der Waals surface area contributed by atoms with Crippen LogP contribution >= 0.6 is 11.6 Å². The molecule has 2 aromatic rings. The second-order valence-corrected chi connectivity index (χ2v) is 9.66. The van der Waals surface area contributed by atoms with Gasteiger partial charge in [0, 0.05) is 29.9 Å². The fourth-order valence-electron chi connectivity index (χ4n) is 4.82. The Labute approximate surface area is 183 Å². The highest BCUT2D eigenvalue weighted by atomic mass is 35.5. The van der Waals surface area contributed by atoms with Gasteiger partial charge in [0.05, 0.1) is 0 Å². The Kier molecular flexibility index (Phi) is 8.63. The van der Waals surface area contributed by atoms with Crippen molar-refractivity contribution in [2.24, 2.45) is 0 Å². The number of halogens is 1. The highest BCUT2D eigenvalue weighted by Gasteiger charge is 2.24. The van der Waals surface area contributed by atoms with E-state index >= 15 is 0 Å². The van der Waals surface area contributed by atoms with Crippen LogP contribution in [-0.4, -0.2) is 28.9 Å². The van der Waals surface area contributed by atoms with Gasteiger partial charge < -0.3 is 0 Å². The molecule has 1 saturated carbocycles. The van der Waals surface area contributed by atoms with Crippen molar-refractivity contribution in [1.82, 2.24) is 4.90 Å². The van der Waals surface area contributed by atoms with Gasteiger partial charge in [-0.2, -0.15) is 0 Å². The van der Waals surface area contributed by atoms with E-state index in [0.717, 1.165) is 19.4 Å². The van der Waals surface area contributed by atoms with Crippen molar-refractivity contribution in [3.63, 3.8) is 0 Å². The van der Waals surface area contributed by atoms with Gasteiger partial charge in [0.2, 0.25) is 0 Å². The molecule has 0 saturated heterocycles. The minimum atomic E-state index is 0.318. The fourth-order valence-corrected chi connectivity index (χ4v) is 5.25. The van der Waals surface area contributed by atoms with Crippen LogP contribution in [0.1, 0.15) is 75.5 Å². The van der Waals surface area contributed by atoms with Crippen LogP contribution < -0.4 is 0 Å². The average molecular weight is 412 g/mol. The van der Waals surface area contributed by atoms with E-state index in [1.165, 1.54) is 48.8 Å². The van der Waals surface area contributed by atoms with E-state index in [1.807, 2.05) is 0 Å². The molecule has 29 heavy (non-hydrogen) atoms. The maximum Gasteiger partial charge on any atom is 0.0404 e. The van der Waals surface area contributed by atoms with Crippen LogP contribution in [0, 0.1) is 0 Å². The molecule has 0 heterocycles. The molecule has 2 heteroatoms. The lowest BCUT2D eigenvalue weighted by atomic mass is 9.83. The van der Waals surface area contributed by atoms with E-state index in [-0.39, 0.29) is 0 Å². The molecular formula is C27H38ClN. The van der Waals surface area contributed by atoms with E-state index in [4.69, 9.17) is 11.6 Å². The Morgan fingerprint density at radius 2 is 1.52 bits per heavy atom. The summed E-state index contributed by atoms with van der Waals surface area (Å²) in [5, 5.41) is 0.318. The van der Waals surface area contributed by atoms with Crippen molar-refractivity contribution < 1.29 is 0 Å². The zero-order valence-electron chi connectivity index (χ0n) is 18.5. The summed E-state index contributed by atoms with van der Waals surface area (Å²) < 4.78 is 0. The van der Waals surface area contributed by atoms with Gasteiger partial charge in [-0.05, 0) is 69.6 Å². The monoisotopic (exact) mass is 411 g/mol. The first-order valence-electron chi connectivity index (χ1n) is 11.6. The minimum absolute atomic E-state index is 0.318. The molecule has 0 N–H and O–H groups in total. The maximum absolute atomic E-state index is 6.59. The third-order valence-electron chi connectivity index (χ3n) is 6.67. The Morgan fingerprint density at radius 1 is 0.862 bits per heavy atom. The Hall–Kier alpha value is -1.31. The molecule has 1 nitrogen and oxygen atoms in total. The molecule has 0 spiro atoms. The quantitative estimate of drug-likeness (QED) is 0.393. The predicted molar refractivity (Wildman–Crippen MR) is 127 cm³/mol. The normalized spacial score (nSPS) is 20.9. The molecule has 3 unspecified atom stereocenters. The number of hydrogen-bond donors (Lipinski definition) is 0. The molecule has 3 atom stereocenters. The van der Waals surface area contributed by atoms with Gasteiger partial charge in [-0.1, -0.05) is 67.4 Å². The van der Waals surface area contributed by atoms with E-state index in [0.29, 0.717) is 23.4 Å². The highest BCUT2D eigenvalue weighted by Crippen LogP contribution is 2.36. The number of hydrogen-bond acceptors (Lipinski definition) is 1. The molecule has 158 valence electrons. The van der Waals surface area contributed by atoms with Gasteiger partial charge in [-0.3, -0.25) is 4.90 Å². The van der Waals surface area contributed by atoms with Crippen molar-refractivity contribution in [3.05, 3.63) is 71.3 Å². The second-order valence-electron chi connectivity index (χ2n) is 9.10. The summed E-state index contributed by atoms with van der Waals surface area (Å²) in [7, 11) is 0. The van der Waals surface area contributed by atoms with Crippen molar-refractivity contribution in [1.29, 1.82) is 0 Å². The number of rotatable bonds is 9. The average Bonchev–Trinajstić information content (AvgIpc) is 2.74. The third-order valence-corrected chi connectivity index (χ3v) is 7.19. The van der Waals surface area contributed by atoms with Crippen LogP contribution in [0.15, 0.2) is 54.6 Å². The largest absolute Gasteiger partial charge is 0.298 e. The van der Waals surface area contributed by atoms with Crippen LogP contribution in [-0.2, 0) is 12.8 Å². The molecule has 1 aliphatic rings. The summed E-state index contributed by atoms with van der Waals surface area (Å²) in [6, 6.07) is 21.4. The number of aryl methyl sites for hydroxylation is 1. The summed E-state index contributed by atoms with van der Waals surface area (Å²) in [4.78, 5) is 2.65. The number of nitrogens with zero attached hydrogens (tertiary/aromatic N) is 1. The van der Waals surface area contributed by atoms with Gasteiger partial charge in [-0.25, -0.2) is 0 Å². The zero-order valence-corrected chi connectivity index (χ0v) is 19.2. The number of alkyl halides is 1. The molecule has 1 aliphatic carbocycles. The lowest BCUT2D eigenvalue weighted by molar-refractivity contribution is 0.158. The van der Waals surface area contributed by atoms with E-state index in [1.54, 1.807) is 0 Å². The summed E-state index contributed by atoms with van der Waals surface area (Å²) in [6.07, 6.45) is 8.49. The molecule has 0 bridgehead atoms. The Morgan fingerprint density at radius 3 is 2.17 bits per heavy atom. The maximum atomic E-state index is 6.59. The molecule has 0 aliphatic heterocycles. The summed E-state index contributed by atoms with van der Waals surface area (Å²) in [5.41, 5.74) is 4.32. The molecule has 0 radical (unpaired) electrons. The van der Waals surface area contributed by atoms with Crippen molar-refractivity contribution in [2.75, 3.05) is 6.54 Å². The predicted octanol–water partition coefficient (Wildman–Crippen LogP) is 7.23. The molecular weight excluding hydrogens is 374 g/mol. The molecule has 0 amide bonds. The minimum Gasteiger partial charge on any atom is -0.298 e. The highest BCUT2D eigenvalue weighted by molar-refractivity contribution is 6.21. The van der Waals surface area contributed by atoms with Crippen molar-refractivity contribution in [3.8, 4) is 0 Å². The first kappa shape index (κ1) is 22.4. The van der Waals surface area contributed by atoms with Crippen LogP contribution in [0.25, 0.3) is 0 Å². The molecule has 1 fully saturated rings. The summed E-state index contributed by atoms with van der Waals surface area (Å²) >= 11 is 6.59. The smallest absolute Gasteiger partial charge is 0.0404 e. The second kappa shape index (κ2) is 11.2. The van der Waals surface area contributed by atoms with Crippen LogP contribution in [0.2, 0.25) is 0 Å². The standard InChI is InChI=1S/C27H38ClN/c1-21(2)29(20-19-23-9-5-4-6-10-23)22(3)13-14-24-15-17-25(18-16-24)26-11-7-8-12-27(26)28/h4-6,9-10,15-18,21-22,26-27H,7-8,11-14,19-20H2,1-3H3. The van der Waals surface area contributed by atoms with Gasteiger partial charge in [0.1, 0.15) is 0 Å². The first-order chi connectivity index (χ1) is 14.0. The van der Waals surface area contributed by atoms with Crippen LogP contribution in [0.4, 0.5) is 0 Å². The van der Waals surface area contributed by atoms with Crippen molar-refractivity contribution in [2.45, 2.75) is 89.1 Å². The third kappa shape index (κ3) is 6.59. The van der Waals surface area contributed by atoms with Crippen LogP contribution in [0.5, 0.6) is 0 Å². The molecule has 3 rings (SSSR count). The number of benzene rings is 2. The van der Waals surface area contributed by atoms with Gasteiger partial charge >= 0.3 is 0 Å². The summed E-state index contributed by atoms with van der Waals surface area (Å²) in [5.74, 6) is 0.549. The fraction of sp³-hybridized carbons (Fsp3) is 0.556. The Balaban J connectivity index is 1.51. The molecule has 0 aromatic heterocycles. The SMILES string of the molecule is CC(C)N(CCc1ccccc1)C(C)CCc1ccc(C2CCCCC2Cl)cc1. The topological polar surface area (TPSA) is 3.24 Å². The van der Waals surface area contributed by atoms with Gasteiger partial charge in [0.25, 0.3) is 0 Å². The summed E-state index contributed by atoms with van der Waals surface area (Å²) in [6.45, 7) is 8.16. The van der Waals surface area contributed by atoms with Crippen molar-refractivity contribution >= 4 is 11.6 Å². The van der Waals surface area contributed by atoms with Gasteiger partial charge in [-0.15, -0.1) is 11.6 Å². The lowest BCUT2D eigenvalue weighted by Crippen LogP contribution is -2.40. The van der Waals surface area contributed by atoms with E-state index in [9.17, 15) is 0 Å². The van der Waals surface area contributed by atoms with Crippen LogP contribution in [0.3, 0.4) is 0 Å². The Bertz CT molecular complexity index is 709. The lowest BCUT2D eigenvalue weighted by Gasteiger charge is -2.33. The first-order valence-corrected chi connectivity index (χ1v) is 12.0. The van der Waals surface area contributed by atoms with Gasteiger partial charge in [0.15, 0.2) is 0 Å².